The van der Waals surface area contributed by atoms with Crippen LogP contribution in [0, 0.1) is 52.3 Å². The Morgan fingerprint density at radius 3 is 2.42 bits per heavy atom. The van der Waals surface area contributed by atoms with E-state index in [0.717, 1.165) is 53.5 Å². The van der Waals surface area contributed by atoms with Gasteiger partial charge in [-0.25, -0.2) is 4.79 Å². The lowest BCUT2D eigenvalue weighted by molar-refractivity contribution is -0.138. The summed E-state index contributed by atoms with van der Waals surface area (Å²) in [5.41, 5.74) is 1.81. The first kappa shape index (κ1) is 29.9. The fraction of sp³-hybridized carbons (Fsp3) is 0.806. The molecule has 1 amide bonds. The molecule has 0 bridgehead atoms. The molecule has 2 unspecified atom stereocenters. The number of carbonyl (C=O) groups is 1. The van der Waals surface area contributed by atoms with Gasteiger partial charge in [0.05, 0.1) is 12.7 Å². The smallest absolute Gasteiger partial charge is 0.411 e. The summed E-state index contributed by atoms with van der Waals surface area (Å²) < 4.78 is 11.6. The van der Waals surface area contributed by atoms with E-state index in [2.05, 4.69) is 39.9 Å². The minimum Gasteiger partial charge on any atom is -0.447 e. The maximum absolute atomic E-state index is 12.1. The lowest BCUT2D eigenvalue weighted by Crippen LogP contribution is -2.54. The maximum atomic E-state index is 12.1. The van der Waals surface area contributed by atoms with Gasteiger partial charge < -0.3 is 9.47 Å². The Bertz CT molecular complexity index is 964. The van der Waals surface area contributed by atoms with Crippen molar-refractivity contribution in [1.29, 1.82) is 0 Å². The zero-order valence-electron chi connectivity index (χ0n) is 26.1. The van der Waals surface area contributed by atoms with E-state index in [1.54, 1.807) is 0 Å². The Hall–Kier alpha value is -1.55. The molecule has 1 aromatic rings. The largest absolute Gasteiger partial charge is 0.447 e. The molecule has 4 aliphatic rings. The molecule has 0 spiro atoms. The molecule has 0 radical (unpaired) electrons. The van der Waals surface area contributed by atoms with Gasteiger partial charge in [-0.2, -0.15) is 0 Å². The molecular formula is C36H57NO3. The van der Waals surface area contributed by atoms with Gasteiger partial charge in [0.2, 0.25) is 0 Å². The van der Waals surface area contributed by atoms with Gasteiger partial charge in [0.1, 0.15) is 6.61 Å². The number of hydrogen-bond donors (Lipinski definition) is 1. The summed E-state index contributed by atoms with van der Waals surface area (Å²) >= 11 is 0. The highest BCUT2D eigenvalue weighted by Crippen LogP contribution is 2.68. The number of anilines is 1. The van der Waals surface area contributed by atoms with Crippen molar-refractivity contribution in [3.05, 3.63) is 30.3 Å². The summed E-state index contributed by atoms with van der Waals surface area (Å²) in [6.07, 6.45) is 16.5. The molecule has 1 N–H and O–H groups in total. The van der Waals surface area contributed by atoms with E-state index in [9.17, 15) is 4.79 Å². The average Bonchev–Trinajstić information content (AvgIpc) is 3.29. The first-order valence-corrected chi connectivity index (χ1v) is 16.8. The van der Waals surface area contributed by atoms with Crippen LogP contribution in [0.3, 0.4) is 0 Å². The second-order valence-corrected chi connectivity index (χ2v) is 15.1. The maximum Gasteiger partial charge on any atom is 0.411 e. The minimum atomic E-state index is -0.409. The first-order valence-electron chi connectivity index (χ1n) is 16.8. The third-order valence-corrected chi connectivity index (χ3v) is 12.5. The van der Waals surface area contributed by atoms with Crippen LogP contribution < -0.4 is 5.32 Å². The number of para-hydroxylation sites is 1. The molecule has 0 aromatic heterocycles. The summed E-state index contributed by atoms with van der Waals surface area (Å²) in [5.74, 6) is 6.26. The zero-order chi connectivity index (χ0) is 28.3. The van der Waals surface area contributed by atoms with Crippen molar-refractivity contribution in [2.24, 2.45) is 52.3 Å². The molecule has 224 valence electrons. The van der Waals surface area contributed by atoms with Crippen LogP contribution in [0.5, 0.6) is 0 Å². The standard InChI is InChI=1S/C36H57NO3/c1-25(2)10-9-11-26(3)31-16-17-32-30-15-14-27-24-29(18-20-35(27,4)33(30)19-21-36(31,32)5)39-22-23-40-34(38)37-28-12-7-6-8-13-28/h6-8,12-13,25-27,29-33H,9-11,14-24H2,1-5H3,(H,37,38)/t26-,27?,29?,30+,31-,32+,33+,35+,36-/m1/s1. The molecule has 0 heterocycles. The van der Waals surface area contributed by atoms with Crippen LogP contribution in [0.25, 0.3) is 0 Å². The van der Waals surface area contributed by atoms with Crippen LogP contribution in [0.1, 0.15) is 112 Å². The van der Waals surface area contributed by atoms with Gasteiger partial charge in [-0.05, 0) is 122 Å². The molecule has 9 atom stereocenters. The minimum absolute atomic E-state index is 0.305. The van der Waals surface area contributed by atoms with Gasteiger partial charge in [0.25, 0.3) is 0 Å². The van der Waals surface area contributed by atoms with Crippen molar-refractivity contribution < 1.29 is 14.3 Å². The van der Waals surface area contributed by atoms with Gasteiger partial charge in [0, 0.05) is 5.69 Å². The van der Waals surface area contributed by atoms with E-state index in [1.165, 1.54) is 70.6 Å². The molecule has 1 aromatic carbocycles. The van der Waals surface area contributed by atoms with E-state index in [1.807, 2.05) is 30.3 Å². The van der Waals surface area contributed by atoms with Gasteiger partial charge in [0.15, 0.2) is 0 Å². The molecular weight excluding hydrogens is 494 g/mol. The van der Waals surface area contributed by atoms with Gasteiger partial charge in [-0.3, -0.25) is 5.32 Å². The number of amides is 1. The number of benzene rings is 1. The van der Waals surface area contributed by atoms with E-state index < -0.39 is 6.09 Å². The van der Waals surface area contributed by atoms with Crippen LogP contribution >= 0.6 is 0 Å². The van der Waals surface area contributed by atoms with Crippen molar-refractivity contribution in [2.75, 3.05) is 18.5 Å². The van der Waals surface area contributed by atoms with E-state index in [-0.39, 0.29) is 0 Å². The monoisotopic (exact) mass is 551 g/mol. The first-order chi connectivity index (χ1) is 19.2. The van der Waals surface area contributed by atoms with Crippen LogP contribution in [0.4, 0.5) is 10.5 Å². The van der Waals surface area contributed by atoms with Gasteiger partial charge >= 0.3 is 6.09 Å². The van der Waals surface area contributed by atoms with Crippen molar-refractivity contribution in [2.45, 2.75) is 118 Å². The predicted molar refractivity (Wildman–Crippen MR) is 164 cm³/mol. The average molecular weight is 552 g/mol. The fourth-order valence-electron chi connectivity index (χ4n) is 10.4. The number of fused-ring (bicyclic) bond motifs is 5. The van der Waals surface area contributed by atoms with Crippen LogP contribution in [0.15, 0.2) is 30.3 Å². The number of rotatable bonds is 10. The zero-order valence-corrected chi connectivity index (χ0v) is 26.1. The molecule has 4 aliphatic carbocycles. The summed E-state index contributed by atoms with van der Waals surface area (Å²) in [7, 11) is 0. The third kappa shape index (κ3) is 6.27. The molecule has 0 aliphatic heterocycles. The lowest BCUT2D eigenvalue weighted by atomic mass is 9.44. The summed E-state index contributed by atoms with van der Waals surface area (Å²) in [5, 5.41) is 2.77. The summed E-state index contributed by atoms with van der Waals surface area (Å²) in [6.45, 7) is 13.5. The molecule has 40 heavy (non-hydrogen) atoms. The Balaban J connectivity index is 1.10. The van der Waals surface area contributed by atoms with E-state index in [4.69, 9.17) is 9.47 Å². The molecule has 0 saturated heterocycles. The summed E-state index contributed by atoms with van der Waals surface area (Å²) in [6, 6.07) is 9.45. The topological polar surface area (TPSA) is 47.6 Å². The van der Waals surface area contributed by atoms with Gasteiger partial charge in [-0.1, -0.05) is 72.1 Å². The van der Waals surface area contributed by atoms with Gasteiger partial charge in [-0.15, -0.1) is 0 Å². The van der Waals surface area contributed by atoms with E-state index in [0.29, 0.717) is 30.1 Å². The second kappa shape index (κ2) is 12.8. The van der Waals surface area contributed by atoms with Crippen LogP contribution in [-0.4, -0.2) is 25.4 Å². The normalized spacial score (nSPS) is 37.8. The second-order valence-electron chi connectivity index (χ2n) is 15.1. The van der Waals surface area contributed by atoms with Crippen LogP contribution in [-0.2, 0) is 9.47 Å². The highest BCUT2D eigenvalue weighted by molar-refractivity contribution is 5.84. The quantitative estimate of drug-likeness (QED) is 0.294. The van der Waals surface area contributed by atoms with Crippen molar-refractivity contribution >= 4 is 11.8 Å². The highest BCUT2D eigenvalue weighted by Gasteiger charge is 2.60. The Morgan fingerprint density at radius 1 is 0.900 bits per heavy atom. The number of nitrogens with one attached hydrogen (secondary N) is 1. The fourth-order valence-corrected chi connectivity index (χ4v) is 10.4. The van der Waals surface area contributed by atoms with Crippen molar-refractivity contribution in [1.82, 2.24) is 0 Å². The summed E-state index contributed by atoms with van der Waals surface area (Å²) in [4.78, 5) is 12.1. The van der Waals surface area contributed by atoms with Crippen LogP contribution in [0.2, 0.25) is 0 Å². The van der Waals surface area contributed by atoms with Crippen molar-refractivity contribution in [3.8, 4) is 0 Å². The number of carbonyl (C=O) groups excluding carboxylic acids is 1. The SMILES string of the molecule is CC(C)CCC[C@@H](C)[C@H]1CC[C@H]2[C@@H]3CCC4CC(OCCOC(=O)Nc5ccccc5)CC[C@]4(C)[C@H]3CC[C@]12C. The third-order valence-electron chi connectivity index (χ3n) is 12.5. The molecule has 4 fully saturated rings. The Kier molecular flexibility index (Phi) is 9.54. The molecule has 4 saturated carbocycles. The Morgan fingerprint density at radius 2 is 1.65 bits per heavy atom. The Labute approximate surface area is 244 Å². The molecule has 4 nitrogen and oxygen atoms in total. The molecule has 4 heteroatoms. The van der Waals surface area contributed by atoms with Crippen molar-refractivity contribution in [3.63, 3.8) is 0 Å². The molecule has 5 rings (SSSR count). The lowest BCUT2D eigenvalue weighted by Gasteiger charge is -2.61. The van der Waals surface area contributed by atoms with E-state index >= 15 is 0 Å². The predicted octanol–water partition coefficient (Wildman–Crippen LogP) is 9.74. The highest BCUT2D eigenvalue weighted by atomic mass is 16.6. The number of ether oxygens (including phenoxy) is 2. The number of hydrogen-bond acceptors (Lipinski definition) is 3.